The molecule has 4 aromatic rings. The molecule has 0 radical (unpaired) electrons. The molecule has 0 fully saturated rings. The number of benzene rings is 3. The fourth-order valence-electron chi connectivity index (χ4n) is 2.59. The van der Waals surface area contributed by atoms with Crippen molar-refractivity contribution in [3.05, 3.63) is 72.3 Å². The molecule has 4 rings (SSSR count). The van der Waals surface area contributed by atoms with Gasteiger partial charge in [-0.15, -0.1) is 16.9 Å². The minimum absolute atomic E-state index is 0.813. The van der Waals surface area contributed by atoms with Gasteiger partial charge in [-0.05, 0) is 28.5 Å². The Morgan fingerprint density at radius 3 is 2.64 bits per heavy atom. The lowest BCUT2D eigenvalue weighted by molar-refractivity contribution is 0.722. The Hall–Kier alpha value is -2.33. The standard InChI is InChI=1S/C18H15N3S/c1-2-6-16-11-14(9-10-15(16)5-1)12-22-13-21-18-8-4-3-7-17(18)19-20-21/h1-11H,12-13H2. The highest BCUT2D eigenvalue weighted by Crippen LogP contribution is 2.21. The Morgan fingerprint density at radius 1 is 0.864 bits per heavy atom. The van der Waals surface area contributed by atoms with Crippen molar-refractivity contribution in [2.75, 3.05) is 0 Å². The monoisotopic (exact) mass is 305 g/mol. The molecule has 108 valence electrons. The molecule has 0 atom stereocenters. The molecule has 0 aliphatic rings. The molecule has 0 bridgehead atoms. The van der Waals surface area contributed by atoms with Crippen molar-refractivity contribution in [1.82, 2.24) is 15.0 Å². The van der Waals surface area contributed by atoms with Gasteiger partial charge in [-0.3, -0.25) is 0 Å². The summed E-state index contributed by atoms with van der Waals surface area (Å²) in [5, 5.41) is 11.0. The van der Waals surface area contributed by atoms with Crippen molar-refractivity contribution >= 4 is 33.6 Å². The van der Waals surface area contributed by atoms with E-state index in [4.69, 9.17) is 0 Å². The molecule has 0 aliphatic heterocycles. The number of hydrogen-bond acceptors (Lipinski definition) is 3. The van der Waals surface area contributed by atoms with Crippen molar-refractivity contribution < 1.29 is 0 Å². The van der Waals surface area contributed by atoms with Crippen LogP contribution < -0.4 is 0 Å². The van der Waals surface area contributed by atoms with Gasteiger partial charge in [0.15, 0.2) is 0 Å². The van der Waals surface area contributed by atoms with Crippen molar-refractivity contribution in [2.24, 2.45) is 0 Å². The average Bonchev–Trinajstić information content (AvgIpc) is 2.98. The van der Waals surface area contributed by atoms with E-state index in [2.05, 4.69) is 58.8 Å². The Kier molecular flexibility index (Phi) is 3.52. The van der Waals surface area contributed by atoms with E-state index in [1.807, 2.05) is 34.6 Å². The van der Waals surface area contributed by atoms with Gasteiger partial charge in [-0.25, -0.2) is 4.68 Å². The molecular formula is C18H15N3S. The van der Waals surface area contributed by atoms with Crippen LogP contribution in [0.3, 0.4) is 0 Å². The summed E-state index contributed by atoms with van der Waals surface area (Å²) in [5.41, 5.74) is 3.38. The fraction of sp³-hybridized carbons (Fsp3) is 0.111. The summed E-state index contributed by atoms with van der Waals surface area (Å²) in [5.74, 6) is 1.78. The van der Waals surface area contributed by atoms with Crippen molar-refractivity contribution in [3.63, 3.8) is 0 Å². The maximum absolute atomic E-state index is 4.22. The normalized spacial score (nSPS) is 11.3. The molecule has 0 aliphatic carbocycles. The third kappa shape index (κ3) is 2.57. The van der Waals surface area contributed by atoms with Gasteiger partial charge < -0.3 is 0 Å². The van der Waals surface area contributed by atoms with Gasteiger partial charge in [0.1, 0.15) is 5.52 Å². The molecule has 0 spiro atoms. The predicted octanol–water partition coefficient (Wildman–Crippen LogP) is 4.48. The largest absolute Gasteiger partial charge is 0.235 e. The van der Waals surface area contributed by atoms with Gasteiger partial charge in [0.2, 0.25) is 0 Å². The quantitative estimate of drug-likeness (QED) is 0.557. The van der Waals surface area contributed by atoms with E-state index < -0.39 is 0 Å². The highest BCUT2D eigenvalue weighted by Gasteiger charge is 2.03. The number of hydrogen-bond donors (Lipinski definition) is 0. The van der Waals surface area contributed by atoms with Crippen LogP contribution in [-0.4, -0.2) is 15.0 Å². The smallest absolute Gasteiger partial charge is 0.113 e. The molecule has 22 heavy (non-hydrogen) atoms. The second kappa shape index (κ2) is 5.81. The van der Waals surface area contributed by atoms with E-state index in [-0.39, 0.29) is 0 Å². The lowest BCUT2D eigenvalue weighted by atomic mass is 10.1. The number of nitrogens with zero attached hydrogens (tertiary/aromatic N) is 3. The maximum Gasteiger partial charge on any atom is 0.113 e. The van der Waals surface area contributed by atoms with Gasteiger partial charge >= 0.3 is 0 Å². The van der Waals surface area contributed by atoms with Crippen molar-refractivity contribution in [2.45, 2.75) is 11.6 Å². The Labute approximate surface area is 133 Å². The fourth-order valence-corrected chi connectivity index (χ4v) is 3.46. The molecule has 0 saturated carbocycles. The van der Waals surface area contributed by atoms with E-state index in [1.165, 1.54) is 16.3 Å². The Morgan fingerprint density at radius 2 is 1.68 bits per heavy atom. The number of thioether (sulfide) groups is 1. The summed E-state index contributed by atoms with van der Waals surface area (Å²) in [7, 11) is 0. The maximum atomic E-state index is 4.22. The molecule has 0 N–H and O–H groups in total. The number of para-hydroxylation sites is 1. The van der Waals surface area contributed by atoms with Crippen LogP contribution in [0.15, 0.2) is 66.7 Å². The number of aromatic nitrogens is 3. The zero-order valence-corrected chi connectivity index (χ0v) is 12.8. The summed E-state index contributed by atoms with van der Waals surface area (Å²) in [6, 6.07) is 23.2. The van der Waals surface area contributed by atoms with Gasteiger partial charge in [0.05, 0.1) is 11.4 Å². The molecule has 4 heteroatoms. The summed E-state index contributed by atoms with van der Waals surface area (Å²) >= 11 is 1.85. The van der Waals surface area contributed by atoms with Crippen LogP contribution >= 0.6 is 11.8 Å². The molecule has 3 nitrogen and oxygen atoms in total. The summed E-state index contributed by atoms with van der Waals surface area (Å²) in [6.07, 6.45) is 0. The second-order valence-corrected chi connectivity index (χ2v) is 6.19. The van der Waals surface area contributed by atoms with Crippen LogP contribution in [0, 0.1) is 0 Å². The van der Waals surface area contributed by atoms with Gasteiger partial charge in [0, 0.05) is 5.75 Å². The van der Waals surface area contributed by atoms with Crippen LogP contribution in [0.2, 0.25) is 0 Å². The predicted molar refractivity (Wildman–Crippen MR) is 92.8 cm³/mol. The lowest BCUT2D eigenvalue weighted by Crippen LogP contribution is -1.97. The van der Waals surface area contributed by atoms with Crippen molar-refractivity contribution in [3.8, 4) is 0 Å². The first-order valence-corrected chi connectivity index (χ1v) is 8.39. The first-order chi connectivity index (χ1) is 10.9. The minimum Gasteiger partial charge on any atom is -0.235 e. The molecular weight excluding hydrogens is 290 g/mol. The van der Waals surface area contributed by atoms with Crippen LogP contribution in [-0.2, 0) is 11.6 Å². The van der Waals surface area contributed by atoms with Crippen molar-refractivity contribution in [1.29, 1.82) is 0 Å². The van der Waals surface area contributed by atoms with Crippen LogP contribution in [0.4, 0.5) is 0 Å². The summed E-state index contributed by atoms with van der Waals surface area (Å²) < 4.78 is 1.96. The van der Waals surface area contributed by atoms with Gasteiger partial charge in [0.25, 0.3) is 0 Å². The average molecular weight is 305 g/mol. The van der Waals surface area contributed by atoms with E-state index in [9.17, 15) is 0 Å². The zero-order valence-electron chi connectivity index (χ0n) is 12.0. The highest BCUT2D eigenvalue weighted by atomic mass is 32.2. The topological polar surface area (TPSA) is 30.7 Å². The van der Waals surface area contributed by atoms with Gasteiger partial charge in [-0.2, -0.15) is 0 Å². The molecule has 3 aromatic carbocycles. The van der Waals surface area contributed by atoms with E-state index >= 15 is 0 Å². The van der Waals surface area contributed by atoms with Crippen LogP contribution in [0.25, 0.3) is 21.8 Å². The Bertz CT molecular complexity index is 930. The minimum atomic E-state index is 0.813. The van der Waals surface area contributed by atoms with E-state index in [1.54, 1.807) is 0 Å². The summed E-state index contributed by atoms with van der Waals surface area (Å²) in [6.45, 7) is 0. The number of rotatable bonds is 4. The van der Waals surface area contributed by atoms with E-state index in [0.29, 0.717) is 0 Å². The van der Waals surface area contributed by atoms with Crippen LogP contribution in [0.5, 0.6) is 0 Å². The van der Waals surface area contributed by atoms with E-state index in [0.717, 1.165) is 22.7 Å². The lowest BCUT2D eigenvalue weighted by Gasteiger charge is -2.05. The number of fused-ring (bicyclic) bond motifs is 2. The summed E-state index contributed by atoms with van der Waals surface area (Å²) in [4.78, 5) is 0. The Balaban J connectivity index is 1.47. The molecule has 0 amide bonds. The highest BCUT2D eigenvalue weighted by molar-refractivity contribution is 7.97. The molecule has 1 heterocycles. The first-order valence-electron chi connectivity index (χ1n) is 7.24. The third-order valence-electron chi connectivity index (χ3n) is 3.72. The zero-order chi connectivity index (χ0) is 14.8. The SMILES string of the molecule is c1ccc2cc(CSCn3nnc4ccccc43)ccc2c1. The second-order valence-electron chi connectivity index (χ2n) is 5.24. The third-order valence-corrected chi connectivity index (χ3v) is 4.68. The van der Waals surface area contributed by atoms with Gasteiger partial charge in [-0.1, -0.05) is 59.8 Å². The van der Waals surface area contributed by atoms with Crippen LogP contribution in [0.1, 0.15) is 5.56 Å². The first kappa shape index (κ1) is 13.3. The molecule has 0 unspecified atom stereocenters. The molecule has 0 saturated heterocycles. The molecule has 1 aromatic heterocycles.